The van der Waals surface area contributed by atoms with Gasteiger partial charge in [-0.2, -0.15) is 0 Å². The van der Waals surface area contributed by atoms with Crippen LogP contribution in [-0.2, 0) is 16.8 Å². The maximum absolute atomic E-state index is 12.1. The van der Waals surface area contributed by atoms with Gasteiger partial charge in [0.05, 0.1) is 25.5 Å². The Morgan fingerprint density at radius 1 is 1.30 bits per heavy atom. The first-order chi connectivity index (χ1) is 11.0. The number of aryl methyl sites for hydroxylation is 1. The molecular weight excluding hydrogens is 294 g/mol. The van der Waals surface area contributed by atoms with Crippen molar-refractivity contribution in [1.29, 1.82) is 0 Å². The number of carbonyl (C=O) groups excluding carboxylic acids is 1. The first-order valence-electron chi connectivity index (χ1n) is 7.45. The fourth-order valence-corrected chi connectivity index (χ4v) is 2.51. The third-order valence-corrected chi connectivity index (χ3v) is 3.84. The van der Waals surface area contributed by atoms with Crippen LogP contribution in [0.1, 0.15) is 23.8 Å². The van der Waals surface area contributed by atoms with Gasteiger partial charge in [0.15, 0.2) is 0 Å². The SMILES string of the molecule is Cc1ccc2c(CC(=O)NCC(C)(O)c3ccco3)coc2c1. The number of furan rings is 2. The molecule has 2 aromatic heterocycles. The van der Waals surface area contributed by atoms with Gasteiger partial charge >= 0.3 is 0 Å². The summed E-state index contributed by atoms with van der Waals surface area (Å²) in [6, 6.07) is 9.26. The lowest BCUT2D eigenvalue weighted by Crippen LogP contribution is -2.39. The monoisotopic (exact) mass is 313 g/mol. The minimum absolute atomic E-state index is 0.0776. The molecule has 0 spiro atoms. The third kappa shape index (κ3) is 3.29. The largest absolute Gasteiger partial charge is 0.466 e. The van der Waals surface area contributed by atoms with Crippen molar-refractivity contribution in [2.75, 3.05) is 6.54 Å². The fourth-order valence-electron chi connectivity index (χ4n) is 2.51. The number of amides is 1. The first kappa shape index (κ1) is 15.4. The van der Waals surface area contributed by atoms with Gasteiger partial charge in [0.2, 0.25) is 5.91 Å². The van der Waals surface area contributed by atoms with Crippen LogP contribution in [0, 0.1) is 6.92 Å². The highest BCUT2D eigenvalue weighted by molar-refractivity contribution is 5.87. The van der Waals surface area contributed by atoms with Gasteiger partial charge in [0.25, 0.3) is 0 Å². The second-order valence-electron chi connectivity index (χ2n) is 5.97. The van der Waals surface area contributed by atoms with Gasteiger partial charge in [0, 0.05) is 10.9 Å². The minimum atomic E-state index is -1.24. The highest BCUT2D eigenvalue weighted by Gasteiger charge is 2.26. The molecule has 3 rings (SSSR count). The lowest BCUT2D eigenvalue weighted by Gasteiger charge is -2.21. The zero-order chi connectivity index (χ0) is 16.4. The first-order valence-corrected chi connectivity index (χ1v) is 7.45. The summed E-state index contributed by atoms with van der Waals surface area (Å²) in [7, 11) is 0. The molecule has 23 heavy (non-hydrogen) atoms. The lowest BCUT2D eigenvalue weighted by molar-refractivity contribution is -0.121. The topological polar surface area (TPSA) is 75.6 Å². The number of hydrogen-bond acceptors (Lipinski definition) is 4. The van der Waals surface area contributed by atoms with Crippen molar-refractivity contribution >= 4 is 16.9 Å². The van der Waals surface area contributed by atoms with Gasteiger partial charge in [0.1, 0.15) is 16.9 Å². The van der Waals surface area contributed by atoms with E-state index in [9.17, 15) is 9.90 Å². The molecule has 1 aromatic carbocycles. The second-order valence-corrected chi connectivity index (χ2v) is 5.97. The van der Waals surface area contributed by atoms with E-state index in [1.54, 1.807) is 25.3 Å². The Labute approximate surface area is 133 Å². The predicted molar refractivity (Wildman–Crippen MR) is 85.9 cm³/mol. The predicted octanol–water partition coefficient (Wildman–Crippen LogP) is 2.90. The zero-order valence-corrected chi connectivity index (χ0v) is 13.1. The van der Waals surface area contributed by atoms with E-state index in [1.807, 2.05) is 25.1 Å². The van der Waals surface area contributed by atoms with E-state index in [-0.39, 0.29) is 18.9 Å². The number of rotatable bonds is 5. The smallest absolute Gasteiger partial charge is 0.224 e. The quantitative estimate of drug-likeness (QED) is 0.759. The Morgan fingerprint density at radius 2 is 2.13 bits per heavy atom. The molecule has 3 aromatic rings. The van der Waals surface area contributed by atoms with Crippen molar-refractivity contribution in [3.63, 3.8) is 0 Å². The maximum atomic E-state index is 12.1. The van der Waals surface area contributed by atoms with Crippen LogP contribution in [0.3, 0.4) is 0 Å². The van der Waals surface area contributed by atoms with Gasteiger partial charge in [-0.3, -0.25) is 4.79 Å². The van der Waals surface area contributed by atoms with E-state index in [0.29, 0.717) is 5.76 Å². The Balaban J connectivity index is 1.65. The Kier molecular flexibility index (Phi) is 3.96. The zero-order valence-electron chi connectivity index (χ0n) is 13.1. The van der Waals surface area contributed by atoms with Gasteiger partial charge in [-0.05, 0) is 37.6 Å². The number of benzene rings is 1. The van der Waals surface area contributed by atoms with Crippen molar-refractivity contribution in [1.82, 2.24) is 5.32 Å². The molecule has 120 valence electrons. The van der Waals surface area contributed by atoms with E-state index < -0.39 is 5.60 Å². The van der Waals surface area contributed by atoms with Gasteiger partial charge in [-0.15, -0.1) is 0 Å². The van der Waals surface area contributed by atoms with Gasteiger partial charge in [-0.1, -0.05) is 12.1 Å². The molecule has 0 aliphatic rings. The summed E-state index contributed by atoms with van der Waals surface area (Å²) in [6.07, 6.45) is 3.30. The molecule has 0 saturated heterocycles. The number of hydrogen-bond donors (Lipinski definition) is 2. The number of nitrogens with one attached hydrogen (secondary N) is 1. The minimum Gasteiger partial charge on any atom is -0.466 e. The third-order valence-electron chi connectivity index (χ3n) is 3.84. The molecule has 0 bridgehead atoms. The van der Waals surface area contributed by atoms with Crippen LogP contribution in [0.25, 0.3) is 11.0 Å². The highest BCUT2D eigenvalue weighted by Crippen LogP contribution is 2.23. The molecule has 5 nitrogen and oxygen atoms in total. The summed E-state index contributed by atoms with van der Waals surface area (Å²) < 4.78 is 10.7. The number of aliphatic hydroxyl groups is 1. The van der Waals surface area contributed by atoms with E-state index in [2.05, 4.69) is 5.32 Å². The van der Waals surface area contributed by atoms with Crippen molar-refractivity contribution in [2.24, 2.45) is 0 Å². The van der Waals surface area contributed by atoms with Crippen LogP contribution in [0.5, 0.6) is 0 Å². The van der Waals surface area contributed by atoms with E-state index in [0.717, 1.165) is 22.1 Å². The van der Waals surface area contributed by atoms with Crippen molar-refractivity contribution < 1.29 is 18.7 Å². The lowest BCUT2D eigenvalue weighted by atomic mass is 10.0. The summed E-state index contributed by atoms with van der Waals surface area (Å²) in [6.45, 7) is 3.67. The van der Waals surface area contributed by atoms with E-state index in [4.69, 9.17) is 8.83 Å². The van der Waals surface area contributed by atoms with Crippen molar-refractivity contribution in [3.8, 4) is 0 Å². The molecule has 1 amide bonds. The van der Waals surface area contributed by atoms with Crippen LogP contribution < -0.4 is 5.32 Å². The van der Waals surface area contributed by atoms with Crippen molar-refractivity contribution in [2.45, 2.75) is 25.9 Å². The average molecular weight is 313 g/mol. The van der Waals surface area contributed by atoms with Crippen molar-refractivity contribution in [3.05, 3.63) is 59.7 Å². The molecular formula is C18H19NO4. The van der Waals surface area contributed by atoms with Crippen LogP contribution in [0.4, 0.5) is 0 Å². The molecule has 0 aliphatic heterocycles. The maximum Gasteiger partial charge on any atom is 0.224 e. The molecule has 0 saturated carbocycles. The average Bonchev–Trinajstić information content (AvgIpc) is 3.16. The van der Waals surface area contributed by atoms with Crippen LogP contribution in [-0.4, -0.2) is 17.6 Å². The summed E-state index contributed by atoms with van der Waals surface area (Å²) in [5.41, 5.74) is 1.47. The molecule has 5 heteroatoms. The Bertz CT molecular complexity index is 815. The van der Waals surface area contributed by atoms with E-state index in [1.165, 1.54) is 6.26 Å². The summed E-state index contributed by atoms with van der Waals surface area (Å²) in [5, 5.41) is 14.0. The second kappa shape index (κ2) is 5.93. The Hall–Kier alpha value is -2.53. The van der Waals surface area contributed by atoms with Gasteiger partial charge < -0.3 is 19.3 Å². The van der Waals surface area contributed by atoms with Gasteiger partial charge in [-0.25, -0.2) is 0 Å². The molecule has 2 heterocycles. The Morgan fingerprint density at radius 3 is 2.87 bits per heavy atom. The normalized spacial score (nSPS) is 13.9. The summed E-state index contributed by atoms with van der Waals surface area (Å²) in [4.78, 5) is 12.1. The molecule has 0 fully saturated rings. The van der Waals surface area contributed by atoms with Crippen LogP contribution in [0.2, 0.25) is 0 Å². The molecule has 2 N–H and O–H groups in total. The van der Waals surface area contributed by atoms with E-state index >= 15 is 0 Å². The highest BCUT2D eigenvalue weighted by atomic mass is 16.4. The fraction of sp³-hybridized carbons (Fsp3) is 0.278. The van der Waals surface area contributed by atoms with Crippen LogP contribution in [0.15, 0.2) is 51.7 Å². The molecule has 0 radical (unpaired) electrons. The molecule has 0 aliphatic carbocycles. The number of carbonyl (C=O) groups is 1. The molecule has 1 atom stereocenters. The number of fused-ring (bicyclic) bond motifs is 1. The summed E-state index contributed by atoms with van der Waals surface area (Å²) in [5.74, 6) is 0.238. The summed E-state index contributed by atoms with van der Waals surface area (Å²) >= 11 is 0. The standard InChI is InChI=1S/C18H19NO4/c1-12-5-6-14-13(10-23-15(14)8-12)9-17(20)19-11-18(2,21)16-4-3-7-22-16/h3-8,10,21H,9,11H2,1-2H3,(H,19,20). The molecule has 1 unspecified atom stereocenters. The van der Waals surface area contributed by atoms with Crippen LogP contribution >= 0.6 is 0 Å².